The molecule has 2 aromatic carbocycles. The van der Waals surface area contributed by atoms with Crippen LogP contribution in [0.4, 0.5) is 13.2 Å². The van der Waals surface area contributed by atoms with Crippen LogP contribution in [0.5, 0.6) is 5.75 Å². The molecule has 4 aromatic rings. The third kappa shape index (κ3) is 4.49. The number of pyridine rings is 1. The summed E-state index contributed by atoms with van der Waals surface area (Å²) in [4.78, 5) is 22.4. The molecule has 2 N–H and O–H groups in total. The quantitative estimate of drug-likeness (QED) is 0.245. The lowest BCUT2D eigenvalue weighted by molar-refractivity contribution is -0.0507. The number of hydrogen-bond donors (Lipinski definition) is 2. The van der Waals surface area contributed by atoms with E-state index < -0.39 is 46.2 Å². The van der Waals surface area contributed by atoms with Gasteiger partial charge in [-0.15, -0.1) is 4.72 Å². The van der Waals surface area contributed by atoms with Gasteiger partial charge in [0.1, 0.15) is 33.4 Å². The van der Waals surface area contributed by atoms with Gasteiger partial charge in [-0.1, -0.05) is 19.1 Å². The van der Waals surface area contributed by atoms with Crippen molar-refractivity contribution in [1.29, 1.82) is 0 Å². The minimum atomic E-state index is -3.05. The Morgan fingerprint density at radius 3 is 2.66 bits per heavy atom. The maximum atomic E-state index is 15.9. The van der Waals surface area contributed by atoms with Gasteiger partial charge in [0, 0.05) is 34.2 Å². The van der Waals surface area contributed by atoms with Gasteiger partial charge < -0.3 is 19.2 Å². The summed E-state index contributed by atoms with van der Waals surface area (Å²) in [5.74, 6) is -0.230. The smallest absolute Gasteiger partial charge is 0.387 e. The number of amides is 1. The number of aromatic nitrogens is 3. The number of hydrogen-bond acceptors (Lipinski definition) is 6. The van der Waals surface area contributed by atoms with Crippen molar-refractivity contribution in [1.82, 2.24) is 24.6 Å². The zero-order valence-electron chi connectivity index (χ0n) is 24.7. The van der Waals surface area contributed by atoms with Crippen molar-refractivity contribution >= 4 is 28.3 Å². The molecule has 230 valence electrons. The number of benzene rings is 2. The van der Waals surface area contributed by atoms with Crippen molar-refractivity contribution in [3.63, 3.8) is 0 Å². The fourth-order valence-corrected chi connectivity index (χ4v) is 7.74. The Kier molecular flexibility index (Phi) is 6.76. The number of fused-ring (bicyclic) bond motifs is 9. The predicted molar refractivity (Wildman–Crippen MR) is 160 cm³/mol. The van der Waals surface area contributed by atoms with Gasteiger partial charge in [0.25, 0.3) is 5.91 Å². The summed E-state index contributed by atoms with van der Waals surface area (Å²) in [7, 11) is 0. The molecule has 2 bridgehead atoms. The van der Waals surface area contributed by atoms with E-state index in [2.05, 4.69) is 15.0 Å². The van der Waals surface area contributed by atoms with E-state index in [0.717, 1.165) is 11.9 Å². The Balaban J connectivity index is 1.29. The van der Waals surface area contributed by atoms with E-state index in [4.69, 9.17) is 9.72 Å². The number of carbonyl (C=O) groups excluding carboxylic acids is 1. The van der Waals surface area contributed by atoms with E-state index in [0.29, 0.717) is 40.9 Å². The Labute approximate surface area is 255 Å². The number of nitrogens with one attached hydrogen (secondary N) is 2. The zero-order valence-corrected chi connectivity index (χ0v) is 25.5. The normalized spacial score (nSPS) is 24.8. The SMILES string of the molecule is C[C@H]1CC[C@]1(N[S@@+]([O-])C(C)(C)C)c1ncc(-c2ccc3nc4n(c3c2)[C@@H]2C[C@H]4NC(=O)c3cccc(OC(F)F)c32)cc1F. The molecule has 3 aliphatic rings. The van der Waals surface area contributed by atoms with Crippen LogP contribution in [0.15, 0.2) is 48.7 Å². The predicted octanol–water partition coefficient (Wildman–Crippen LogP) is 6.29. The first kappa shape index (κ1) is 29.1. The minimum Gasteiger partial charge on any atom is -0.598 e. The number of rotatable bonds is 6. The molecule has 1 fully saturated rings. The molecule has 0 unspecified atom stereocenters. The second-order valence-corrected chi connectivity index (χ2v) is 14.8. The van der Waals surface area contributed by atoms with Crippen LogP contribution in [0.2, 0.25) is 0 Å². The molecule has 7 rings (SSSR count). The van der Waals surface area contributed by atoms with E-state index in [9.17, 15) is 18.1 Å². The Bertz CT molecular complexity index is 1810. The molecule has 4 heterocycles. The van der Waals surface area contributed by atoms with Crippen LogP contribution in [0, 0.1) is 11.7 Å². The molecule has 5 atom stereocenters. The van der Waals surface area contributed by atoms with Crippen molar-refractivity contribution in [2.24, 2.45) is 5.92 Å². The Morgan fingerprint density at radius 1 is 1.20 bits per heavy atom. The second-order valence-electron chi connectivity index (χ2n) is 12.9. The monoisotopic (exact) mass is 623 g/mol. The van der Waals surface area contributed by atoms with Crippen molar-refractivity contribution in [2.45, 2.75) is 75.9 Å². The molecule has 12 heteroatoms. The third-order valence-electron chi connectivity index (χ3n) is 9.21. The van der Waals surface area contributed by atoms with Crippen LogP contribution in [-0.2, 0) is 16.9 Å². The van der Waals surface area contributed by atoms with Gasteiger partial charge in [0.2, 0.25) is 0 Å². The highest BCUT2D eigenvalue weighted by molar-refractivity contribution is 7.90. The van der Waals surface area contributed by atoms with Crippen LogP contribution in [0.25, 0.3) is 22.2 Å². The first-order valence-electron chi connectivity index (χ1n) is 14.6. The number of carbonyl (C=O) groups is 1. The largest absolute Gasteiger partial charge is 0.598 e. The molecule has 2 aromatic heterocycles. The van der Waals surface area contributed by atoms with Gasteiger partial charge in [-0.05, 0) is 81.8 Å². The van der Waals surface area contributed by atoms with Crippen LogP contribution < -0.4 is 14.8 Å². The molecule has 44 heavy (non-hydrogen) atoms. The van der Waals surface area contributed by atoms with Gasteiger partial charge >= 0.3 is 6.61 Å². The van der Waals surface area contributed by atoms with Crippen LogP contribution in [0.1, 0.15) is 86.5 Å². The van der Waals surface area contributed by atoms with E-state index >= 15 is 4.39 Å². The van der Waals surface area contributed by atoms with Crippen LogP contribution in [0.3, 0.4) is 0 Å². The lowest BCUT2D eigenvalue weighted by Gasteiger charge is -2.48. The number of alkyl halides is 2. The summed E-state index contributed by atoms with van der Waals surface area (Å²) in [6.45, 7) is 4.58. The molecule has 1 aliphatic carbocycles. The Hall–Kier alpha value is -3.61. The molecular weight excluding hydrogens is 591 g/mol. The maximum absolute atomic E-state index is 15.9. The third-order valence-corrected chi connectivity index (χ3v) is 10.9. The van der Waals surface area contributed by atoms with Crippen molar-refractivity contribution < 1.29 is 27.3 Å². The molecule has 1 amide bonds. The van der Waals surface area contributed by atoms with Crippen LogP contribution >= 0.6 is 0 Å². The molecule has 0 radical (unpaired) electrons. The molecule has 2 aliphatic heterocycles. The summed E-state index contributed by atoms with van der Waals surface area (Å²) in [5, 5.41) is 2.98. The van der Waals surface area contributed by atoms with Crippen molar-refractivity contribution in [3.05, 3.63) is 77.1 Å². The molecule has 0 spiro atoms. The summed E-state index contributed by atoms with van der Waals surface area (Å²) >= 11 is -1.41. The van der Waals surface area contributed by atoms with E-state index in [-0.39, 0.29) is 28.8 Å². The Morgan fingerprint density at radius 2 is 2.00 bits per heavy atom. The minimum absolute atomic E-state index is 0.0498. The van der Waals surface area contributed by atoms with Gasteiger partial charge in [-0.25, -0.2) is 9.37 Å². The number of ether oxygens (including phenoxy) is 1. The highest BCUT2D eigenvalue weighted by atomic mass is 32.2. The van der Waals surface area contributed by atoms with Gasteiger partial charge in [-0.2, -0.15) is 8.78 Å². The highest BCUT2D eigenvalue weighted by Crippen LogP contribution is 2.49. The average molecular weight is 624 g/mol. The number of halogens is 3. The average Bonchev–Trinajstić information content (AvgIpc) is 3.46. The van der Waals surface area contributed by atoms with Crippen molar-refractivity contribution in [2.75, 3.05) is 0 Å². The first-order chi connectivity index (χ1) is 20.9. The van der Waals surface area contributed by atoms with Gasteiger partial charge in [0.15, 0.2) is 0 Å². The van der Waals surface area contributed by atoms with E-state index in [1.54, 1.807) is 12.3 Å². The lowest BCUT2D eigenvalue weighted by Crippen LogP contribution is -2.60. The fraction of sp³-hybridized carbons (Fsp3) is 0.406. The molecule has 1 saturated carbocycles. The topological polar surface area (TPSA) is 104 Å². The standard InChI is InChI=1S/C32H32F3N5O3S/c1-16-10-11-32(16,39-44(42)31(2,3)4)27-20(33)12-18(15-36-27)17-8-9-21-23(13-17)40-24-14-22(28(40)37-21)38-29(41)19-6-5-7-25(26(19)24)43-30(34)35/h5-9,12-13,15-16,22,24,30,39H,10-11,14H2,1-4H3,(H,38,41)/t16-,22+,24+,32+,44-/m0/s1. The van der Waals surface area contributed by atoms with Crippen molar-refractivity contribution in [3.8, 4) is 16.9 Å². The molecule has 8 nitrogen and oxygen atoms in total. The van der Waals surface area contributed by atoms with Crippen LogP contribution in [-0.4, -0.2) is 36.4 Å². The fourth-order valence-electron chi connectivity index (χ4n) is 6.71. The number of imidazole rings is 1. The summed E-state index contributed by atoms with van der Waals surface area (Å²) in [6, 6.07) is 10.7. The number of nitrogens with zero attached hydrogens (tertiary/aromatic N) is 3. The van der Waals surface area contributed by atoms with E-state index in [1.807, 2.05) is 50.5 Å². The molecule has 0 saturated heterocycles. The highest BCUT2D eigenvalue weighted by Gasteiger charge is 2.53. The second kappa shape index (κ2) is 10.2. The molecular formula is C32H32F3N5O3S. The van der Waals surface area contributed by atoms with Gasteiger partial charge in [-0.3, -0.25) is 9.78 Å². The van der Waals surface area contributed by atoms with E-state index in [1.165, 1.54) is 18.2 Å². The first-order valence-corrected chi connectivity index (χ1v) is 15.8. The lowest BCUT2D eigenvalue weighted by atomic mass is 9.66. The summed E-state index contributed by atoms with van der Waals surface area (Å²) < 4.78 is 65.1. The zero-order chi connectivity index (χ0) is 31.1. The summed E-state index contributed by atoms with van der Waals surface area (Å²) in [6.07, 6.45) is 3.56. The van der Waals surface area contributed by atoms with Gasteiger partial charge in [0.05, 0.1) is 23.1 Å². The summed E-state index contributed by atoms with van der Waals surface area (Å²) in [5.41, 5.74) is 2.72. The maximum Gasteiger partial charge on any atom is 0.387 e.